The van der Waals surface area contributed by atoms with Crippen molar-refractivity contribution in [2.45, 2.75) is 6.92 Å². The molecule has 0 saturated carbocycles. The molecule has 0 bridgehead atoms. The van der Waals surface area contributed by atoms with Gasteiger partial charge in [-0.3, -0.25) is 4.98 Å². The van der Waals surface area contributed by atoms with Crippen molar-refractivity contribution in [3.05, 3.63) is 64.7 Å². The molecule has 1 aromatic carbocycles. The van der Waals surface area contributed by atoms with Gasteiger partial charge in [0.05, 0.1) is 6.21 Å². The van der Waals surface area contributed by atoms with Gasteiger partial charge in [0.1, 0.15) is 0 Å². The molecule has 0 aliphatic heterocycles. The van der Waals surface area contributed by atoms with Crippen molar-refractivity contribution < 1.29 is 0 Å². The van der Waals surface area contributed by atoms with E-state index in [0.717, 1.165) is 11.1 Å². The number of nitrogens with zero attached hydrogens (tertiary/aromatic N) is 4. The Kier molecular flexibility index (Phi) is 3.70. The zero-order chi connectivity index (χ0) is 14.7. The Morgan fingerprint density at radius 1 is 1.24 bits per heavy atom. The predicted octanol–water partition coefficient (Wildman–Crippen LogP) is 3.19. The number of aromatic amines is 1. The molecular weight excluding hydrogens is 282 g/mol. The quantitative estimate of drug-likeness (QED) is 0.596. The number of aryl methyl sites for hydroxylation is 1. The second-order valence-electron chi connectivity index (χ2n) is 4.56. The molecule has 0 fully saturated rings. The van der Waals surface area contributed by atoms with Gasteiger partial charge in [-0.2, -0.15) is 14.9 Å². The summed E-state index contributed by atoms with van der Waals surface area (Å²) in [4.78, 5) is 4.09. The Morgan fingerprint density at radius 2 is 2.05 bits per heavy atom. The summed E-state index contributed by atoms with van der Waals surface area (Å²) in [7, 11) is 0. The van der Waals surface area contributed by atoms with Crippen LogP contribution in [0.5, 0.6) is 0 Å². The normalized spacial score (nSPS) is 11.1. The summed E-state index contributed by atoms with van der Waals surface area (Å²) in [5.74, 6) is 0.636. The minimum atomic E-state index is 0.442. The Balaban J connectivity index is 1.98. The topological polar surface area (TPSA) is 58.9 Å². The molecule has 0 aliphatic carbocycles. The SMILES string of the molecule is Cc1ccc(C=Nn2c(-c3cccnc3)n[nH]c2=S)cc1. The number of H-pyrrole nitrogens is 1. The maximum absolute atomic E-state index is 5.22. The van der Waals surface area contributed by atoms with Crippen LogP contribution in [0.1, 0.15) is 11.1 Å². The molecule has 21 heavy (non-hydrogen) atoms. The predicted molar refractivity (Wildman–Crippen MR) is 84.8 cm³/mol. The van der Waals surface area contributed by atoms with Crippen LogP contribution in [0.3, 0.4) is 0 Å². The highest BCUT2D eigenvalue weighted by atomic mass is 32.1. The van der Waals surface area contributed by atoms with Crippen molar-refractivity contribution in [2.24, 2.45) is 5.10 Å². The van der Waals surface area contributed by atoms with Gasteiger partial charge in [-0.1, -0.05) is 29.8 Å². The summed E-state index contributed by atoms with van der Waals surface area (Å²) in [5.41, 5.74) is 3.06. The fraction of sp³-hybridized carbons (Fsp3) is 0.0667. The summed E-state index contributed by atoms with van der Waals surface area (Å²) >= 11 is 5.22. The first-order chi connectivity index (χ1) is 10.2. The van der Waals surface area contributed by atoms with Crippen LogP contribution in [-0.2, 0) is 0 Å². The first-order valence-corrected chi connectivity index (χ1v) is 6.84. The molecule has 2 aromatic heterocycles. The highest BCUT2D eigenvalue weighted by molar-refractivity contribution is 7.71. The van der Waals surface area contributed by atoms with Crippen LogP contribution >= 0.6 is 12.2 Å². The first-order valence-electron chi connectivity index (χ1n) is 6.43. The number of hydrogen-bond acceptors (Lipinski definition) is 4. The van der Waals surface area contributed by atoms with Crippen molar-refractivity contribution in [1.82, 2.24) is 19.9 Å². The van der Waals surface area contributed by atoms with Crippen molar-refractivity contribution >= 4 is 18.4 Å². The van der Waals surface area contributed by atoms with Crippen molar-refractivity contribution in [3.8, 4) is 11.4 Å². The standard InChI is InChI=1S/C15H13N5S/c1-11-4-6-12(7-5-11)9-17-20-14(18-19-15(20)21)13-3-2-8-16-10-13/h2-10H,1H3,(H,19,21). The molecule has 6 heteroatoms. The number of benzene rings is 1. The largest absolute Gasteiger partial charge is 0.264 e. The van der Waals surface area contributed by atoms with Crippen LogP contribution in [0.2, 0.25) is 0 Å². The van der Waals surface area contributed by atoms with Gasteiger partial charge in [-0.25, -0.2) is 5.10 Å². The molecule has 0 unspecified atom stereocenters. The van der Waals surface area contributed by atoms with Crippen molar-refractivity contribution in [3.63, 3.8) is 0 Å². The second-order valence-corrected chi connectivity index (χ2v) is 4.95. The lowest BCUT2D eigenvalue weighted by Gasteiger charge is -2.00. The number of nitrogens with one attached hydrogen (secondary N) is 1. The zero-order valence-corrected chi connectivity index (χ0v) is 12.2. The second kappa shape index (κ2) is 5.80. The van der Waals surface area contributed by atoms with E-state index in [9.17, 15) is 0 Å². The Hall–Kier alpha value is -2.60. The van der Waals surface area contributed by atoms with E-state index >= 15 is 0 Å². The zero-order valence-electron chi connectivity index (χ0n) is 11.4. The van der Waals surface area contributed by atoms with Crippen LogP contribution in [0.15, 0.2) is 53.9 Å². The molecular formula is C15H13N5S. The number of rotatable bonds is 3. The summed E-state index contributed by atoms with van der Waals surface area (Å²) < 4.78 is 2.03. The molecule has 1 N–H and O–H groups in total. The molecule has 0 amide bonds. The van der Waals surface area contributed by atoms with Crippen molar-refractivity contribution in [2.75, 3.05) is 0 Å². The molecule has 0 atom stereocenters. The van der Waals surface area contributed by atoms with E-state index in [4.69, 9.17) is 12.2 Å². The van der Waals surface area contributed by atoms with Gasteiger partial charge in [0.25, 0.3) is 0 Å². The van der Waals surface area contributed by atoms with E-state index in [1.165, 1.54) is 5.56 Å². The Morgan fingerprint density at radius 3 is 2.76 bits per heavy atom. The maximum atomic E-state index is 5.22. The van der Waals surface area contributed by atoms with Crippen molar-refractivity contribution in [1.29, 1.82) is 0 Å². The first kappa shape index (κ1) is 13.4. The minimum absolute atomic E-state index is 0.442. The van der Waals surface area contributed by atoms with Crippen LogP contribution in [-0.4, -0.2) is 26.1 Å². The van der Waals surface area contributed by atoms with E-state index in [-0.39, 0.29) is 0 Å². The van der Waals surface area contributed by atoms with Gasteiger partial charge in [-0.05, 0) is 36.8 Å². The summed E-state index contributed by atoms with van der Waals surface area (Å²) in [5, 5.41) is 11.4. The van der Waals surface area contributed by atoms with Gasteiger partial charge in [0.15, 0.2) is 5.82 Å². The van der Waals surface area contributed by atoms with E-state index in [2.05, 4.69) is 20.3 Å². The Labute approximate surface area is 127 Å². The lowest BCUT2D eigenvalue weighted by atomic mass is 10.2. The average Bonchev–Trinajstić information content (AvgIpc) is 2.89. The van der Waals surface area contributed by atoms with Crippen LogP contribution < -0.4 is 0 Å². The third-order valence-corrected chi connectivity index (χ3v) is 3.23. The molecule has 104 valence electrons. The van der Waals surface area contributed by atoms with E-state index in [1.807, 2.05) is 43.3 Å². The lowest BCUT2D eigenvalue weighted by molar-refractivity contribution is 0.871. The van der Waals surface area contributed by atoms with E-state index in [0.29, 0.717) is 10.6 Å². The highest BCUT2D eigenvalue weighted by Crippen LogP contribution is 2.15. The van der Waals surface area contributed by atoms with Gasteiger partial charge < -0.3 is 0 Å². The summed E-state index contributed by atoms with van der Waals surface area (Å²) in [6.07, 6.45) is 5.19. The lowest BCUT2D eigenvalue weighted by Crippen LogP contribution is -1.95. The monoisotopic (exact) mass is 295 g/mol. The van der Waals surface area contributed by atoms with Crippen LogP contribution in [0.4, 0.5) is 0 Å². The number of hydrogen-bond donors (Lipinski definition) is 1. The highest BCUT2D eigenvalue weighted by Gasteiger charge is 2.07. The van der Waals surface area contributed by atoms with Gasteiger partial charge in [0, 0.05) is 18.0 Å². The molecule has 0 aliphatic rings. The van der Waals surface area contributed by atoms with Crippen LogP contribution in [0, 0.1) is 11.7 Å². The molecule has 0 radical (unpaired) electrons. The molecule has 0 saturated heterocycles. The summed E-state index contributed by atoms with van der Waals surface area (Å²) in [6.45, 7) is 2.05. The third kappa shape index (κ3) is 2.95. The molecule has 5 nitrogen and oxygen atoms in total. The number of aromatic nitrogens is 4. The summed E-state index contributed by atoms with van der Waals surface area (Å²) in [6, 6.07) is 11.9. The fourth-order valence-electron chi connectivity index (χ4n) is 1.86. The van der Waals surface area contributed by atoms with E-state index < -0.39 is 0 Å². The molecule has 0 spiro atoms. The fourth-order valence-corrected chi connectivity index (χ4v) is 2.04. The smallest absolute Gasteiger partial charge is 0.216 e. The van der Waals surface area contributed by atoms with Crippen LogP contribution in [0.25, 0.3) is 11.4 Å². The average molecular weight is 295 g/mol. The molecule has 3 rings (SSSR count). The maximum Gasteiger partial charge on any atom is 0.216 e. The van der Waals surface area contributed by atoms with E-state index in [1.54, 1.807) is 23.3 Å². The number of pyridine rings is 1. The molecule has 2 heterocycles. The minimum Gasteiger partial charge on any atom is -0.264 e. The van der Waals surface area contributed by atoms with Gasteiger partial charge in [-0.15, -0.1) is 0 Å². The molecule has 3 aromatic rings. The Bertz CT molecular complexity index is 815. The van der Waals surface area contributed by atoms with Gasteiger partial charge in [0.2, 0.25) is 4.77 Å². The van der Waals surface area contributed by atoms with Gasteiger partial charge >= 0.3 is 0 Å². The third-order valence-electron chi connectivity index (χ3n) is 2.97.